The van der Waals surface area contributed by atoms with Crippen molar-refractivity contribution in [1.82, 2.24) is 10.3 Å². The molecule has 0 aliphatic carbocycles. The molecule has 0 radical (unpaired) electrons. The molecule has 1 aliphatic rings. The topological polar surface area (TPSA) is 166 Å². The van der Waals surface area contributed by atoms with Crippen LogP contribution in [-0.2, 0) is 19.9 Å². The van der Waals surface area contributed by atoms with E-state index in [1.54, 1.807) is 6.92 Å². The lowest BCUT2D eigenvalue weighted by Crippen LogP contribution is -2.51. The van der Waals surface area contributed by atoms with Crippen LogP contribution >= 0.6 is 0 Å². The minimum absolute atomic E-state index is 0.0792. The van der Waals surface area contributed by atoms with Crippen LogP contribution in [0, 0.1) is 0 Å². The number of nitrogens with zero attached hydrogens (tertiary/aromatic N) is 2. The first-order valence-electron chi connectivity index (χ1n) is 6.96. The molecule has 1 aromatic rings. The molecule has 5 N–H and O–H groups in total. The zero-order chi connectivity index (χ0) is 17.7. The summed E-state index contributed by atoms with van der Waals surface area (Å²) in [7, 11) is -4.90. The van der Waals surface area contributed by atoms with Gasteiger partial charge in [0.15, 0.2) is 0 Å². The van der Waals surface area contributed by atoms with E-state index >= 15 is 0 Å². The van der Waals surface area contributed by atoms with Gasteiger partial charge in [-0.15, -0.1) is 4.98 Å². The maximum atomic E-state index is 11.6. The third-order valence-corrected chi connectivity index (χ3v) is 3.21. The maximum absolute atomic E-state index is 11.6. The summed E-state index contributed by atoms with van der Waals surface area (Å²) in [6, 6.07) is 1.30. The van der Waals surface area contributed by atoms with Crippen molar-refractivity contribution in [3.05, 3.63) is 11.8 Å². The van der Waals surface area contributed by atoms with E-state index in [9.17, 15) is 13.2 Å². The molecule has 12 nitrogen and oxygen atoms in total. The fourth-order valence-corrected chi connectivity index (χ4v) is 2.31. The summed E-state index contributed by atoms with van der Waals surface area (Å²) < 4.78 is 45.7. The number of hydrogen-bond donors (Lipinski definition) is 4. The highest BCUT2D eigenvalue weighted by molar-refractivity contribution is 7.80. The van der Waals surface area contributed by atoms with Gasteiger partial charge in [0, 0.05) is 19.2 Å². The molecule has 1 amide bonds. The molecule has 1 fully saturated rings. The molecule has 1 unspecified atom stereocenters. The number of ether oxygens (including phenoxy) is 2. The molecule has 0 aromatic carbocycles. The molecule has 1 saturated heterocycles. The third kappa shape index (κ3) is 4.89. The highest BCUT2D eigenvalue weighted by Crippen LogP contribution is 2.19. The summed E-state index contributed by atoms with van der Waals surface area (Å²) in [6.07, 6.45) is -1.36. The highest BCUT2D eigenvalue weighted by atomic mass is 32.3. The van der Waals surface area contributed by atoms with Gasteiger partial charge in [0.25, 0.3) is 0 Å². The predicted octanol–water partition coefficient (Wildman–Crippen LogP) is -1.59. The van der Waals surface area contributed by atoms with Gasteiger partial charge < -0.3 is 20.5 Å². The number of morpholine rings is 1. The molecule has 13 heteroatoms. The highest BCUT2D eigenvalue weighted by Gasteiger charge is 2.28. The first-order chi connectivity index (χ1) is 11.3. The van der Waals surface area contributed by atoms with Crippen LogP contribution in [-0.4, -0.2) is 50.4 Å². The smallest absolute Gasteiger partial charge is 0.441 e. The van der Waals surface area contributed by atoms with Gasteiger partial charge in [-0.25, -0.2) is 9.08 Å². The average molecular weight is 364 g/mol. The minimum Gasteiger partial charge on any atom is -0.441 e. The maximum Gasteiger partial charge on any atom is 0.474 e. The molecule has 1 aliphatic heterocycles. The molecule has 2 rings (SSSR count). The number of nitrogens with two attached hydrogens (primary N) is 1. The number of aromatic nitrogens is 2. The van der Waals surface area contributed by atoms with E-state index in [1.165, 1.54) is 6.07 Å². The Bertz CT molecular complexity index is 705. The minimum atomic E-state index is -4.90. The zero-order valence-corrected chi connectivity index (χ0v) is 13.6. The van der Waals surface area contributed by atoms with Gasteiger partial charge in [-0.3, -0.25) is 4.55 Å². The van der Waals surface area contributed by atoms with Gasteiger partial charge in [-0.05, 0) is 11.7 Å². The Morgan fingerprint density at radius 1 is 1.67 bits per heavy atom. The largest absolute Gasteiger partial charge is 0.474 e. The fraction of sp³-hybridized carbons (Fsp3) is 0.545. The lowest BCUT2D eigenvalue weighted by Gasteiger charge is -2.22. The van der Waals surface area contributed by atoms with Crippen LogP contribution in [0.5, 0.6) is 0 Å². The van der Waals surface area contributed by atoms with Crippen LogP contribution < -0.4 is 25.4 Å². The number of nitrogens with one attached hydrogen (secondary N) is 2. The molecule has 1 aromatic heterocycles. The van der Waals surface area contributed by atoms with Crippen molar-refractivity contribution in [1.29, 1.82) is 0 Å². The third-order valence-electron chi connectivity index (χ3n) is 2.87. The molecule has 24 heavy (non-hydrogen) atoms. The Morgan fingerprint density at radius 3 is 3.00 bits per heavy atom. The number of nitrogen functional groups attached to an aromatic ring is 1. The van der Waals surface area contributed by atoms with E-state index in [0.29, 0.717) is 30.1 Å². The van der Waals surface area contributed by atoms with Crippen molar-refractivity contribution in [2.45, 2.75) is 13.0 Å². The number of carbonyl (C=O) groups is 1. The molecule has 2 heterocycles. The van der Waals surface area contributed by atoms with Crippen LogP contribution in [0.4, 0.5) is 16.6 Å². The summed E-state index contributed by atoms with van der Waals surface area (Å²) in [4.78, 5) is 15.7. The van der Waals surface area contributed by atoms with E-state index in [1.807, 2.05) is 0 Å². The molecule has 0 bridgehead atoms. The summed E-state index contributed by atoms with van der Waals surface area (Å²) in [5, 5.41) is 5.28. The second-order valence-electron chi connectivity index (χ2n) is 4.64. The number of hydrogen-bond acceptors (Lipinski definition) is 9. The molecule has 1 atom stereocenters. The van der Waals surface area contributed by atoms with Gasteiger partial charge in [-0.1, -0.05) is 0 Å². The second kappa shape index (κ2) is 7.57. The van der Waals surface area contributed by atoms with Crippen LogP contribution in [0.3, 0.4) is 0 Å². The van der Waals surface area contributed by atoms with E-state index in [2.05, 4.69) is 19.9 Å². The lowest BCUT2D eigenvalue weighted by molar-refractivity contribution is -0.835. The van der Waals surface area contributed by atoms with Crippen molar-refractivity contribution in [2.24, 2.45) is 0 Å². The second-order valence-corrected chi connectivity index (χ2v) is 5.64. The number of amides is 1. The van der Waals surface area contributed by atoms with Crippen LogP contribution in [0.1, 0.15) is 18.7 Å². The summed E-state index contributed by atoms with van der Waals surface area (Å²) >= 11 is 0. The zero-order valence-electron chi connectivity index (χ0n) is 12.8. The van der Waals surface area contributed by atoms with Crippen molar-refractivity contribution in [3.63, 3.8) is 0 Å². The van der Waals surface area contributed by atoms with E-state index in [4.69, 9.17) is 19.8 Å². The molecular weight excluding hydrogens is 346 g/mol. The van der Waals surface area contributed by atoms with Gasteiger partial charge in [0.2, 0.25) is 5.82 Å². The Balaban J connectivity index is 2.39. The van der Waals surface area contributed by atoms with Crippen molar-refractivity contribution < 1.29 is 36.3 Å². The van der Waals surface area contributed by atoms with Crippen molar-refractivity contribution >= 4 is 28.3 Å². The van der Waals surface area contributed by atoms with E-state index < -0.39 is 28.5 Å². The molecule has 0 saturated carbocycles. The van der Waals surface area contributed by atoms with E-state index in [0.717, 1.165) is 0 Å². The number of rotatable bonds is 5. The Labute approximate surface area is 137 Å². The predicted molar refractivity (Wildman–Crippen MR) is 79.2 cm³/mol. The first kappa shape index (κ1) is 18.1. The molecule has 134 valence electrons. The average Bonchev–Trinajstić information content (AvgIpc) is 2.50. The number of anilines is 2. The molecule has 0 spiro atoms. The Morgan fingerprint density at radius 2 is 2.42 bits per heavy atom. The normalized spacial score (nSPS) is 18.0. The van der Waals surface area contributed by atoms with Crippen molar-refractivity contribution in [3.8, 4) is 0 Å². The van der Waals surface area contributed by atoms with E-state index in [-0.39, 0.29) is 12.4 Å². The SMILES string of the molecule is CCOC(=O)Nc1nc(C2CNCCO2)cc(N)[n+]1OS(=O)(=O)O. The van der Waals surface area contributed by atoms with Crippen LogP contribution in [0.2, 0.25) is 0 Å². The fourth-order valence-electron chi connectivity index (χ4n) is 1.96. The standard InChI is InChI=1S/C11H17N5O7S/c1-2-21-11(17)15-10-14-7(8-6-13-3-4-22-8)5-9(12)16(10)23-24(18,19)20/h5,8,13H,2-4,6H2,1H3,(H3,12,14,15,17,18,19,20)/p+1. The molecular formula is C11H18N5O7S+. The van der Waals surface area contributed by atoms with Crippen molar-refractivity contribution in [2.75, 3.05) is 37.4 Å². The first-order valence-corrected chi connectivity index (χ1v) is 8.32. The van der Waals surface area contributed by atoms with Gasteiger partial charge in [0.05, 0.1) is 13.2 Å². The lowest BCUT2D eigenvalue weighted by atomic mass is 10.2. The van der Waals surface area contributed by atoms with Gasteiger partial charge in [0.1, 0.15) is 11.8 Å². The van der Waals surface area contributed by atoms with Crippen LogP contribution in [0.25, 0.3) is 0 Å². The monoisotopic (exact) mass is 364 g/mol. The van der Waals surface area contributed by atoms with Crippen LogP contribution in [0.15, 0.2) is 6.07 Å². The quantitative estimate of drug-likeness (QED) is 0.353. The summed E-state index contributed by atoms with van der Waals surface area (Å²) in [5.74, 6) is -0.631. The summed E-state index contributed by atoms with van der Waals surface area (Å²) in [5.41, 5.74) is 6.07. The van der Waals surface area contributed by atoms with Gasteiger partial charge in [-0.2, -0.15) is 13.7 Å². The Hall–Kier alpha value is -2.22. The summed E-state index contributed by atoms with van der Waals surface area (Å²) in [6.45, 7) is 3.24. The number of carbonyl (C=O) groups excluding carboxylic acids is 1. The van der Waals surface area contributed by atoms with Gasteiger partial charge >= 0.3 is 22.4 Å². The Kier molecular flexibility index (Phi) is 5.71.